The predicted octanol–water partition coefficient (Wildman–Crippen LogP) is 4.17. The Morgan fingerprint density at radius 3 is 2.61 bits per heavy atom. The quantitative estimate of drug-likeness (QED) is 0.622. The van der Waals surface area contributed by atoms with Gasteiger partial charge in [0.05, 0.1) is 6.54 Å². The Bertz CT molecular complexity index is 466. The van der Waals surface area contributed by atoms with E-state index in [0.29, 0.717) is 5.92 Å². The zero-order chi connectivity index (χ0) is 12.8. The Morgan fingerprint density at radius 2 is 1.94 bits per heavy atom. The molecule has 0 aliphatic rings. The molecule has 0 saturated heterocycles. The maximum atomic E-state index is 5.50. The minimum absolute atomic E-state index is 0.593. The third-order valence-electron chi connectivity index (χ3n) is 3.05. The molecule has 0 spiro atoms. The van der Waals surface area contributed by atoms with Crippen LogP contribution in [0.15, 0.2) is 46.9 Å². The van der Waals surface area contributed by atoms with E-state index in [-0.39, 0.29) is 0 Å². The summed E-state index contributed by atoms with van der Waals surface area (Å²) in [6, 6.07) is 14.7. The standard InChI is InChI=1S/C15H18INO/c1-12(13-5-3-2-4-6-13)9-10-17-11-14-7-8-15(16)18-14/h2-8,12,17H,9-11H2,1H3. The van der Waals surface area contributed by atoms with Crippen molar-refractivity contribution in [2.75, 3.05) is 6.54 Å². The summed E-state index contributed by atoms with van der Waals surface area (Å²) in [5.41, 5.74) is 1.41. The smallest absolute Gasteiger partial charge is 0.164 e. The molecule has 96 valence electrons. The minimum atomic E-state index is 0.593. The lowest BCUT2D eigenvalue weighted by Gasteiger charge is -2.11. The lowest BCUT2D eigenvalue weighted by Crippen LogP contribution is -2.16. The summed E-state index contributed by atoms with van der Waals surface area (Å²) in [6.45, 7) is 4.09. The molecule has 1 heterocycles. The number of rotatable bonds is 6. The van der Waals surface area contributed by atoms with Gasteiger partial charge in [-0.1, -0.05) is 37.3 Å². The van der Waals surface area contributed by atoms with Gasteiger partial charge < -0.3 is 9.73 Å². The van der Waals surface area contributed by atoms with E-state index in [1.165, 1.54) is 5.56 Å². The fraction of sp³-hybridized carbons (Fsp3) is 0.333. The molecule has 0 fully saturated rings. The maximum Gasteiger partial charge on any atom is 0.164 e. The number of hydrogen-bond donors (Lipinski definition) is 1. The fourth-order valence-corrected chi connectivity index (χ4v) is 2.39. The highest BCUT2D eigenvalue weighted by atomic mass is 127. The predicted molar refractivity (Wildman–Crippen MR) is 82.6 cm³/mol. The fourth-order valence-electron chi connectivity index (χ4n) is 1.93. The molecule has 2 aromatic rings. The summed E-state index contributed by atoms with van der Waals surface area (Å²) < 4.78 is 6.45. The highest BCUT2D eigenvalue weighted by molar-refractivity contribution is 14.1. The summed E-state index contributed by atoms with van der Waals surface area (Å²) in [7, 11) is 0. The molecule has 2 nitrogen and oxygen atoms in total. The molecule has 1 N–H and O–H groups in total. The molecule has 2 rings (SSSR count). The van der Waals surface area contributed by atoms with Crippen molar-refractivity contribution < 1.29 is 4.42 Å². The van der Waals surface area contributed by atoms with E-state index in [1.807, 2.05) is 12.1 Å². The summed E-state index contributed by atoms with van der Waals surface area (Å²) in [6.07, 6.45) is 1.14. The van der Waals surface area contributed by atoms with Crippen molar-refractivity contribution in [3.8, 4) is 0 Å². The van der Waals surface area contributed by atoms with Gasteiger partial charge in [0.1, 0.15) is 5.76 Å². The van der Waals surface area contributed by atoms with Crippen molar-refractivity contribution in [2.24, 2.45) is 0 Å². The van der Waals surface area contributed by atoms with E-state index in [9.17, 15) is 0 Å². The Labute approximate surface area is 122 Å². The number of benzene rings is 1. The normalized spacial score (nSPS) is 12.6. The SMILES string of the molecule is CC(CCNCc1ccc(I)o1)c1ccccc1. The van der Waals surface area contributed by atoms with E-state index in [2.05, 4.69) is 65.2 Å². The molecule has 1 unspecified atom stereocenters. The number of hydrogen-bond acceptors (Lipinski definition) is 2. The Hall–Kier alpha value is -0.810. The molecule has 1 aromatic carbocycles. The van der Waals surface area contributed by atoms with Gasteiger partial charge in [-0.25, -0.2) is 0 Å². The van der Waals surface area contributed by atoms with Gasteiger partial charge in [0, 0.05) is 0 Å². The average Bonchev–Trinajstić information content (AvgIpc) is 2.81. The molecule has 0 amide bonds. The lowest BCUT2D eigenvalue weighted by atomic mass is 9.98. The zero-order valence-electron chi connectivity index (χ0n) is 10.5. The molecule has 0 aliphatic heterocycles. The second-order valence-electron chi connectivity index (χ2n) is 4.48. The zero-order valence-corrected chi connectivity index (χ0v) is 12.7. The van der Waals surface area contributed by atoms with E-state index in [4.69, 9.17) is 4.42 Å². The van der Waals surface area contributed by atoms with Crippen LogP contribution in [0.4, 0.5) is 0 Å². The van der Waals surface area contributed by atoms with E-state index >= 15 is 0 Å². The van der Waals surface area contributed by atoms with Crippen molar-refractivity contribution in [3.05, 3.63) is 57.6 Å². The Morgan fingerprint density at radius 1 is 1.17 bits per heavy atom. The van der Waals surface area contributed by atoms with Gasteiger partial charge in [0.15, 0.2) is 3.77 Å². The Balaban J connectivity index is 1.69. The van der Waals surface area contributed by atoms with Crippen LogP contribution in [0.3, 0.4) is 0 Å². The molecular formula is C15H18INO. The van der Waals surface area contributed by atoms with Gasteiger partial charge >= 0.3 is 0 Å². The van der Waals surface area contributed by atoms with Crippen LogP contribution in [0.25, 0.3) is 0 Å². The second-order valence-corrected chi connectivity index (χ2v) is 5.55. The van der Waals surface area contributed by atoms with Gasteiger partial charge in [-0.15, -0.1) is 0 Å². The van der Waals surface area contributed by atoms with Crippen LogP contribution in [-0.2, 0) is 6.54 Å². The maximum absolute atomic E-state index is 5.50. The van der Waals surface area contributed by atoms with Crippen LogP contribution in [0.2, 0.25) is 0 Å². The largest absolute Gasteiger partial charge is 0.454 e. The number of nitrogens with one attached hydrogen (secondary N) is 1. The van der Waals surface area contributed by atoms with E-state index in [0.717, 1.165) is 29.0 Å². The summed E-state index contributed by atoms with van der Waals surface area (Å²) in [4.78, 5) is 0. The second kappa shape index (κ2) is 6.95. The van der Waals surface area contributed by atoms with Crippen molar-refractivity contribution in [1.82, 2.24) is 5.32 Å². The van der Waals surface area contributed by atoms with Crippen LogP contribution in [0.1, 0.15) is 30.6 Å². The molecule has 0 radical (unpaired) electrons. The van der Waals surface area contributed by atoms with Crippen molar-refractivity contribution in [1.29, 1.82) is 0 Å². The monoisotopic (exact) mass is 355 g/mol. The molecule has 1 aromatic heterocycles. The van der Waals surface area contributed by atoms with Gasteiger partial charge in [-0.3, -0.25) is 0 Å². The highest BCUT2D eigenvalue weighted by Gasteiger charge is 2.04. The lowest BCUT2D eigenvalue weighted by molar-refractivity contribution is 0.458. The third-order valence-corrected chi connectivity index (χ3v) is 3.63. The third kappa shape index (κ3) is 4.14. The van der Waals surface area contributed by atoms with Crippen LogP contribution in [0, 0.1) is 3.77 Å². The summed E-state index contributed by atoms with van der Waals surface area (Å²) in [5.74, 6) is 1.60. The molecule has 0 bridgehead atoms. The summed E-state index contributed by atoms with van der Waals surface area (Å²) in [5, 5.41) is 3.42. The van der Waals surface area contributed by atoms with Crippen LogP contribution in [0.5, 0.6) is 0 Å². The molecular weight excluding hydrogens is 337 g/mol. The first-order valence-corrected chi connectivity index (χ1v) is 7.33. The van der Waals surface area contributed by atoms with E-state index in [1.54, 1.807) is 0 Å². The van der Waals surface area contributed by atoms with E-state index < -0.39 is 0 Å². The molecule has 0 aliphatic carbocycles. The van der Waals surface area contributed by atoms with Crippen molar-refractivity contribution >= 4 is 22.6 Å². The van der Waals surface area contributed by atoms with Crippen molar-refractivity contribution in [3.63, 3.8) is 0 Å². The first-order chi connectivity index (χ1) is 8.75. The first-order valence-electron chi connectivity index (χ1n) is 6.25. The Kier molecular flexibility index (Phi) is 5.26. The minimum Gasteiger partial charge on any atom is -0.454 e. The number of halogens is 1. The van der Waals surface area contributed by atoms with Crippen molar-refractivity contribution in [2.45, 2.75) is 25.8 Å². The highest BCUT2D eigenvalue weighted by Crippen LogP contribution is 2.17. The van der Waals surface area contributed by atoms with Gasteiger partial charge in [0.25, 0.3) is 0 Å². The first kappa shape index (κ1) is 13.6. The number of furan rings is 1. The summed E-state index contributed by atoms with van der Waals surface area (Å²) >= 11 is 2.19. The average molecular weight is 355 g/mol. The van der Waals surface area contributed by atoms with Gasteiger partial charge in [0.2, 0.25) is 0 Å². The molecule has 1 atom stereocenters. The van der Waals surface area contributed by atoms with Crippen LogP contribution < -0.4 is 5.32 Å². The van der Waals surface area contributed by atoms with Crippen LogP contribution >= 0.6 is 22.6 Å². The van der Waals surface area contributed by atoms with Gasteiger partial charge in [-0.2, -0.15) is 0 Å². The van der Waals surface area contributed by atoms with Crippen LogP contribution in [-0.4, -0.2) is 6.54 Å². The molecule has 18 heavy (non-hydrogen) atoms. The molecule has 0 saturated carbocycles. The van der Waals surface area contributed by atoms with Gasteiger partial charge in [-0.05, 0) is 59.2 Å². The topological polar surface area (TPSA) is 25.2 Å². The molecule has 3 heteroatoms.